The first-order valence-corrected chi connectivity index (χ1v) is 7.31. The number of thiazole rings is 1. The molecule has 0 saturated carbocycles. The van der Waals surface area contributed by atoms with Crippen molar-refractivity contribution in [2.45, 2.75) is 25.4 Å². The van der Waals surface area contributed by atoms with Crippen LogP contribution in [-0.4, -0.2) is 10.1 Å². The van der Waals surface area contributed by atoms with Crippen LogP contribution in [0.2, 0.25) is 0 Å². The molecule has 4 N–H and O–H groups in total. The molecule has 23 heavy (non-hydrogen) atoms. The predicted octanol–water partition coefficient (Wildman–Crippen LogP) is 3.16. The zero-order chi connectivity index (χ0) is 17.2. The second-order valence-electron chi connectivity index (χ2n) is 4.81. The lowest BCUT2D eigenvalue weighted by Crippen LogP contribution is -2.12. The van der Waals surface area contributed by atoms with Crippen LogP contribution in [0.25, 0.3) is 0 Å². The van der Waals surface area contributed by atoms with Crippen LogP contribution in [-0.2, 0) is 6.18 Å². The average molecular weight is 342 g/mol. The van der Waals surface area contributed by atoms with Crippen molar-refractivity contribution in [3.63, 3.8) is 0 Å². The van der Waals surface area contributed by atoms with Gasteiger partial charge >= 0.3 is 6.18 Å². The van der Waals surface area contributed by atoms with Crippen LogP contribution in [0, 0.1) is 11.3 Å². The van der Waals surface area contributed by atoms with E-state index in [1.54, 1.807) is 6.92 Å². The van der Waals surface area contributed by atoms with Crippen LogP contribution < -0.4 is 11.1 Å². The van der Waals surface area contributed by atoms with Gasteiger partial charge in [-0.15, -0.1) is 11.3 Å². The third-order valence-corrected chi connectivity index (χ3v) is 4.20. The van der Waals surface area contributed by atoms with Gasteiger partial charge in [-0.05, 0) is 25.1 Å². The number of aliphatic hydroxyl groups excluding tert-OH is 1. The number of nitrogens with one attached hydrogen (secondary N) is 1. The number of nitrogens with two attached hydrogens (primary N) is 1. The van der Waals surface area contributed by atoms with E-state index in [1.807, 2.05) is 0 Å². The maximum absolute atomic E-state index is 12.9. The smallest absolute Gasteiger partial charge is 0.369 e. The normalized spacial score (nSPS) is 14.1. The third kappa shape index (κ3) is 3.98. The molecule has 0 aliphatic heterocycles. The Kier molecular flexibility index (Phi) is 4.89. The number of hydrogen-bond acceptors (Lipinski definition) is 6. The van der Waals surface area contributed by atoms with Gasteiger partial charge in [0, 0.05) is 11.9 Å². The van der Waals surface area contributed by atoms with Crippen molar-refractivity contribution in [1.29, 1.82) is 5.26 Å². The van der Waals surface area contributed by atoms with E-state index in [0.717, 1.165) is 23.5 Å². The molecule has 0 saturated heterocycles. The Morgan fingerprint density at radius 1 is 1.43 bits per heavy atom. The minimum absolute atomic E-state index is 0.0413. The maximum Gasteiger partial charge on any atom is 0.417 e. The van der Waals surface area contributed by atoms with E-state index in [-0.39, 0.29) is 11.7 Å². The molecule has 1 aromatic heterocycles. The van der Waals surface area contributed by atoms with E-state index < -0.39 is 23.5 Å². The molecule has 1 heterocycles. The van der Waals surface area contributed by atoms with Crippen LogP contribution in [0.5, 0.6) is 0 Å². The number of halogens is 3. The van der Waals surface area contributed by atoms with E-state index >= 15 is 0 Å². The van der Waals surface area contributed by atoms with Crippen LogP contribution in [0.15, 0.2) is 24.4 Å². The molecule has 0 amide bonds. The molecule has 2 aromatic rings. The van der Waals surface area contributed by atoms with E-state index in [4.69, 9.17) is 11.0 Å². The number of nitriles is 1. The van der Waals surface area contributed by atoms with Crippen LogP contribution in [0.3, 0.4) is 0 Å². The summed E-state index contributed by atoms with van der Waals surface area (Å²) in [6.07, 6.45) is -4.47. The summed E-state index contributed by atoms with van der Waals surface area (Å²) in [6.45, 7) is 1.73. The van der Waals surface area contributed by atoms with Gasteiger partial charge in [0.25, 0.3) is 0 Å². The van der Waals surface area contributed by atoms with Crippen molar-refractivity contribution in [2.24, 2.45) is 5.73 Å². The van der Waals surface area contributed by atoms with Gasteiger partial charge in [0.1, 0.15) is 5.01 Å². The molecule has 2 atom stereocenters. The first-order chi connectivity index (χ1) is 10.7. The van der Waals surface area contributed by atoms with Gasteiger partial charge in [-0.1, -0.05) is 0 Å². The molecule has 2 unspecified atom stereocenters. The summed E-state index contributed by atoms with van der Waals surface area (Å²) in [5.41, 5.74) is 4.18. The van der Waals surface area contributed by atoms with Crippen molar-refractivity contribution >= 4 is 17.0 Å². The molecule has 9 heteroatoms. The van der Waals surface area contributed by atoms with Gasteiger partial charge in [-0.25, -0.2) is 4.98 Å². The summed E-state index contributed by atoms with van der Waals surface area (Å²) in [7, 11) is 0. The number of nitrogens with zero attached hydrogens (tertiary/aromatic N) is 2. The number of benzene rings is 1. The number of hydrogen-bond donors (Lipinski definition) is 3. The molecule has 122 valence electrons. The number of aliphatic hydroxyl groups is 1. The second-order valence-corrected chi connectivity index (χ2v) is 5.90. The van der Waals surface area contributed by atoms with Crippen molar-refractivity contribution in [3.8, 4) is 6.07 Å². The predicted molar refractivity (Wildman–Crippen MR) is 79.5 cm³/mol. The topological polar surface area (TPSA) is 95.0 Å². The monoisotopic (exact) mass is 342 g/mol. The largest absolute Gasteiger partial charge is 0.417 e. The third-order valence-electron chi connectivity index (χ3n) is 2.95. The summed E-state index contributed by atoms with van der Waals surface area (Å²) in [5.74, 6) is 0. The molecule has 0 spiro atoms. The number of alkyl halides is 3. The van der Waals surface area contributed by atoms with E-state index in [0.29, 0.717) is 9.88 Å². The van der Waals surface area contributed by atoms with E-state index in [1.165, 1.54) is 18.3 Å². The van der Waals surface area contributed by atoms with Gasteiger partial charge in [0.15, 0.2) is 6.23 Å². The highest BCUT2D eigenvalue weighted by Gasteiger charge is 2.34. The van der Waals surface area contributed by atoms with Crippen LogP contribution in [0.4, 0.5) is 18.9 Å². The Labute approximate surface area is 134 Å². The van der Waals surface area contributed by atoms with Gasteiger partial charge in [0.2, 0.25) is 0 Å². The van der Waals surface area contributed by atoms with E-state index in [2.05, 4.69) is 10.3 Å². The summed E-state index contributed by atoms with van der Waals surface area (Å²) >= 11 is 1.16. The summed E-state index contributed by atoms with van der Waals surface area (Å²) < 4.78 is 38.7. The molecular weight excluding hydrogens is 329 g/mol. The second kappa shape index (κ2) is 6.54. The standard InChI is InChI=1S/C14H13F3N4OS/c1-7(19)13-20-6-11(23-13)12(22)21-9-3-2-8(5-18)10(4-9)14(15,16)17/h2-4,6-7,12,21-22H,19H2,1H3. The van der Waals surface area contributed by atoms with Gasteiger partial charge < -0.3 is 16.2 Å². The minimum Gasteiger partial charge on any atom is -0.369 e. The van der Waals surface area contributed by atoms with Gasteiger partial charge in [-0.3, -0.25) is 0 Å². The highest BCUT2D eigenvalue weighted by Crippen LogP contribution is 2.34. The fraction of sp³-hybridized carbons (Fsp3) is 0.286. The lowest BCUT2D eigenvalue weighted by Gasteiger charge is -2.15. The van der Waals surface area contributed by atoms with Crippen molar-refractivity contribution < 1.29 is 18.3 Å². The quantitative estimate of drug-likeness (QED) is 0.742. The molecule has 0 radical (unpaired) electrons. The molecule has 0 bridgehead atoms. The Morgan fingerprint density at radius 2 is 2.13 bits per heavy atom. The maximum atomic E-state index is 12.9. The summed E-state index contributed by atoms with van der Waals surface area (Å²) in [6, 6.07) is 4.34. The summed E-state index contributed by atoms with van der Waals surface area (Å²) in [5, 5.41) is 22.0. The Bertz CT molecular complexity index is 736. The lowest BCUT2D eigenvalue weighted by molar-refractivity contribution is -0.137. The lowest BCUT2D eigenvalue weighted by atomic mass is 10.1. The van der Waals surface area contributed by atoms with Crippen LogP contribution in [0.1, 0.15) is 40.2 Å². The zero-order valence-corrected chi connectivity index (χ0v) is 12.7. The molecule has 0 aliphatic rings. The molecular formula is C14H13F3N4OS. The van der Waals surface area contributed by atoms with Crippen LogP contribution >= 0.6 is 11.3 Å². The van der Waals surface area contributed by atoms with Gasteiger partial charge in [-0.2, -0.15) is 18.4 Å². The Balaban J connectivity index is 2.24. The highest BCUT2D eigenvalue weighted by molar-refractivity contribution is 7.11. The Hall–Kier alpha value is -2.15. The van der Waals surface area contributed by atoms with Crippen molar-refractivity contribution in [2.75, 3.05) is 5.32 Å². The first-order valence-electron chi connectivity index (χ1n) is 6.49. The number of rotatable bonds is 4. The summed E-state index contributed by atoms with van der Waals surface area (Å²) in [4.78, 5) is 4.46. The first kappa shape index (κ1) is 17.2. The molecule has 0 aliphatic carbocycles. The van der Waals surface area contributed by atoms with Crippen molar-refractivity contribution in [3.05, 3.63) is 45.4 Å². The fourth-order valence-corrected chi connectivity index (χ4v) is 2.64. The molecule has 5 nitrogen and oxygen atoms in total. The molecule has 0 fully saturated rings. The Morgan fingerprint density at radius 3 is 2.65 bits per heavy atom. The zero-order valence-electron chi connectivity index (χ0n) is 11.9. The SMILES string of the molecule is CC(N)c1ncc(C(O)Nc2ccc(C#N)c(C(F)(F)F)c2)s1. The van der Waals surface area contributed by atoms with Crippen molar-refractivity contribution in [1.82, 2.24) is 4.98 Å². The highest BCUT2D eigenvalue weighted by atomic mass is 32.1. The fourth-order valence-electron chi connectivity index (χ4n) is 1.83. The number of anilines is 1. The molecule has 2 rings (SSSR count). The van der Waals surface area contributed by atoms with Gasteiger partial charge in [0.05, 0.1) is 28.1 Å². The number of aromatic nitrogens is 1. The average Bonchev–Trinajstić information content (AvgIpc) is 2.96. The minimum atomic E-state index is -4.65. The molecule has 1 aromatic carbocycles. The van der Waals surface area contributed by atoms with E-state index in [9.17, 15) is 18.3 Å².